The van der Waals surface area contributed by atoms with E-state index in [-0.39, 0.29) is 16.9 Å². The fourth-order valence-corrected chi connectivity index (χ4v) is 2.60. The normalized spacial score (nSPS) is 17.2. The van der Waals surface area contributed by atoms with Crippen LogP contribution in [0.5, 0.6) is 0 Å². The van der Waals surface area contributed by atoms with Gasteiger partial charge >= 0.3 is 5.97 Å². The Hall–Kier alpha value is -1.88. The molecule has 0 saturated carbocycles. The van der Waals surface area contributed by atoms with E-state index in [1.807, 2.05) is 13.0 Å². The Bertz CT molecular complexity index is 522. The molecule has 5 nitrogen and oxygen atoms in total. The van der Waals surface area contributed by atoms with Crippen molar-refractivity contribution < 1.29 is 14.7 Å². The fourth-order valence-electron chi connectivity index (χ4n) is 2.60. The molecule has 1 saturated heterocycles. The number of benzene rings is 1. The van der Waals surface area contributed by atoms with Gasteiger partial charge in [0.25, 0.3) is 0 Å². The molecule has 114 valence electrons. The van der Waals surface area contributed by atoms with Gasteiger partial charge in [-0.3, -0.25) is 4.79 Å². The Morgan fingerprint density at radius 3 is 2.71 bits per heavy atom. The smallest absolute Gasteiger partial charge is 0.335 e. The molecule has 0 atom stereocenters. The summed E-state index contributed by atoms with van der Waals surface area (Å²) in [5.74, 6) is -0.832. The Morgan fingerprint density at radius 1 is 1.33 bits per heavy atom. The van der Waals surface area contributed by atoms with Gasteiger partial charge in [0.2, 0.25) is 5.91 Å². The van der Waals surface area contributed by atoms with Gasteiger partial charge in [0.1, 0.15) is 0 Å². The fraction of sp³-hybridized carbons (Fsp3) is 0.500. The third-order valence-corrected chi connectivity index (χ3v) is 4.13. The van der Waals surface area contributed by atoms with Gasteiger partial charge in [0, 0.05) is 12.0 Å². The van der Waals surface area contributed by atoms with Gasteiger partial charge in [0.05, 0.1) is 5.56 Å². The molecular formula is C16H22N2O3. The lowest BCUT2D eigenvalue weighted by molar-refractivity contribution is -0.131. The monoisotopic (exact) mass is 290 g/mol. The predicted octanol–water partition coefficient (Wildman–Crippen LogP) is 1.43. The van der Waals surface area contributed by atoms with Crippen LogP contribution in [0.3, 0.4) is 0 Å². The van der Waals surface area contributed by atoms with E-state index in [2.05, 4.69) is 10.6 Å². The second kappa shape index (κ2) is 6.72. The molecule has 0 unspecified atom stereocenters. The molecule has 5 heteroatoms. The molecule has 3 N–H and O–H groups in total. The molecule has 0 bridgehead atoms. The molecule has 1 heterocycles. The lowest BCUT2D eigenvalue weighted by Crippen LogP contribution is -2.46. The SMILES string of the molecule is CC1(C(=O)NCCc2cccc(C(=O)O)c2)CCNCC1. The number of carboxylic acid groups (broad SMARTS) is 1. The topological polar surface area (TPSA) is 78.4 Å². The lowest BCUT2D eigenvalue weighted by Gasteiger charge is -2.32. The summed E-state index contributed by atoms with van der Waals surface area (Å²) >= 11 is 0. The number of carbonyl (C=O) groups excluding carboxylic acids is 1. The zero-order valence-electron chi connectivity index (χ0n) is 12.3. The highest BCUT2D eigenvalue weighted by atomic mass is 16.4. The molecular weight excluding hydrogens is 268 g/mol. The summed E-state index contributed by atoms with van der Waals surface area (Å²) in [6.45, 7) is 4.30. The number of hydrogen-bond donors (Lipinski definition) is 3. The minimum Gasteiger partial charge on any atom is -0.478 e. The third-order valence-electron chi connectivity index (χ3n) is 4.13. The third kappa shape index (κ3) is 4.04. The number of carboxylic acids is 1. The maximum absolute atomic E-state index is 12.3. The summed E-state index contributed by atoms with van der Waals surface area (Å²) in [4.78, 5) is 23.2. The van der Waals surface area contributed by atoms with E-state index in [9.17, 15) is 9.59 Å². The molecule has 0 aliphatic carbocycles. The molecule has 1 aromatic rings. The van der Waals surface area contributed by atoms with Crippen LogP contribution in [0.2, 0.25) is 0 Å². The molecule has 0 spiro atoms. The molecule has 2 rings (SSSR count). The van der Waals surface area contributed by atoms with Gasteiger partial charge < -0.3 is 15.7 Å². The van der Waals surface area contributed by atoms with Crippen LogP contribution in [0.1, 0.15) is 35.7 Å². The van der Waals surface area contributed by atoms with Gasteiger partial charge in [-0.2, -0.15) is 0 Å². The van der Waals surface area contributed by atoms with Gasteiger partial charge in [-0.05, 0) is 50.0 Å². The highest BCUT2D eigenvalue weighted by Gasteiger charge is 2.33. The first-order valence-corrected chi connectivity index (χ1v) is 7.32. The van der Waals surface area contributed by atoms with Crippen molar-refractivity contribution in [3.63, 3.8) is 0 Å². The van der Waals surface area contributed by atoms with Crippen LogP contribution >= 0.6 is 0 Å². The first kappa shape index (κ1) is 15.5. The van der Waals surface area contributed by atoms with Crippen molar-refractivity contribution in [1.82, 2.24) is 10.6 Å². The molecule has 1 amide bonds. The molecule has 21 heavy (non-hydrogen) atoms. The molecule has 0 radical (unpaired) electrons. The Labute approximate surface area is 124 Å². The first-order valence-electron chi connectivity index (χ1n) is 7.32. The van der Waals surface area contributed by atoms with Crippen LogP contribution in [0.4, 0.5) is 0 Å². The van der Waals surface area contributed by atoms with Gasteiger partial charge in [-0.25, -0.2) is 4.79 Å². The Kier molecular flexibility index (Phi) is 4.96. The second-order valence-electron chi connectivity index (χ2n) is 5.82. The van der Waals surface area contributed by atoms with Crippen molar-refractivity contribution in [2.24, 2.45) is 5.41 Å². The standard InChI is InChI=1S/C16H22N2O3/c1-16(6-9-17-10-7-16)15(21)18-8-5-12-3-2-4-13(11-12)14(19)20/h2-4,11,17H,5-10H2,1H3,(H,18,21)(H,19,20). The number of carbonyl (C=O) groups is 2. The highest BCUT2D eigenvalue weighted by molar-refractivity contribution is 5.87. The van der Waals surface area contributed by atoms with Crippen molar-refractivity contribution in [2.75, 3.05) is 19.6 Å². The van der Waals surface area contributed by atoms with Crippen molar-refractivity contribution in [2.45, 2.75) is 26.2 Å². The minimum atomic E-state index is -0.928. The molecule has 1 aliphatic heterocycles. The lowest BCUT2D eigenvalue weighted by atomic mass is 9.80. The number of aromatic carboxylic acids is 1. The highest BCUT2D eigenvalue weighted by Crippen LogP contribution is 2.27. The van der Waals surface area contributed by atoms with Crippen LogP contribution in [0.25, 0.3) is 0 Å². The van der Waals surface area contributed by atoms with Crippen LogP contribution in [-0.4, -0.2) is 36.6 Å². The van der Waals surface area contributed by atoms with E-state index < -0.39 is 5.97 Å². The van der Waals surface area contributed by atoms with Crippen molar-refractivity contribution in [3.8, 4) is 0 Å². The maximum atomic E-state index is 12.3. The van der Waals surface area contributed by atoms with Crippen LogP contribution in [-0.2, 0) is 11.2 Å². The van der Waals surface area contributed by atoms with Crippen LogP contribution in [0, 0.1) is 5.41 Å². The summed E-state index contributed by atoms with van der Waals surface area (Å²) in [6, 6.07) is 6.83. The summed E-state index contributed by atoms with van der Waals surface area (Å²) in [7, 11) is 0. The van der Waals surface area contributed by atoms with Gasteiger partial charge in [0.15, 0.2) is 0 Å². The first-order chi connectivity index (χ1) is 10.0. The average Bonchev–Trinajstić information content (AvgIpc) is 2.48. The number of hydrogen-bond acceptors (Lipinski definition) is 3. The summed E-state index contributed by atoms with van der Waals surface area (Å²) < 4.78 is 0. The molecule has 1 fully saturated rings. The van der Waals surface area contributed by atoms with E-state index in [0.717, 1.165) is 31.5 Å². The zero-order chi connectivity index (χ0) is 15.3. The van der Waals surface area contributed by atoms with Crippen molar-refractivity contribution in [3.05, 3.63) is 35.4 Å². The van der Waals surface area contributed by atoms with E-state index in [4.69, 9.17) is 5.11 Å². The van der Waals surface area contributed by atoms with Crippen LogP contribution < -0.4 is 10.6 Å². The number of nitrogens with one attached hydrogen (secondary N) is 2. The minimum absolute atomic E-state index is 0.0957. The molecule has 0 aromatic heterocycles. The van der Waals surface area contributed by atoms with E-state index >= 15 is 0 Å². The second-order valence-corrected chi connectivity index (χ2v) is 5.82. The Balaban J connectivity index is 1.85. The summed E-state index contributed by atoms with van der Waals surface area (Å²) in [5, 5.41) is 15.2. The predicted molar refractivity (Wildman–Crippen MR) is 80.3 cm³/mol. The van der Waals surface area contributed by atoms with E-state index in [0.29, 0.717) is 13.0 Å². The maximum Gasteiger partial charge on any atom is 0.335 e. The summed E-state index contributed by atoms with van der Waals surface area (Å²) in [6.07, 6.45) is 2.35. The quantitative estimate of drug-likeness (QED) is 0.766. The van der Waals surface area contributed by atoms with Crippen molar-refractivity contribution >= 4 is 11.9 Å². The zero-order valence-corrected chi connectivity index (χ0v) is 12.3. The van der Waals surface area contributed by atoms with E-state index in [1.54, 1.807) is 18.2 Å². The summed E-state index contributed by atoms with van der Waals surface area (Å²) in [5.41, 5.74) is 0.920. The van der Waals surface area contributed by atoms with Gasteiger partial charge in [-0.1, -0.05) is 19.1 Å². The van der Waals surface area contributed by atoms with Crippen LogP contribution in [0.15, 0.2) is 24.3 Å². The van der Waals surface area contributed by atoms with Crippen molar-refractivity contribution in [1.29, 1.82) is 0 Å². The Morgan fingerprint density at radius 2 is 2.05 bits per heavy atom. The number of amides is 1. The largest absolute Gasteiger partial charge is 0.478 e. The molecule has 1 aliphatic rings. The molecule has 1 aromatic carbocycles. The number of rotatable bonds is 5. The number of piperidine rings is 1. The average molecular weight is 290 g/mol. The van der Waals surface area contributed by atoms with E-state index in [1.165, 1.54) is 0 Å². The van der Waals surface area contributed by atoms with Gasteiger partial charge in [-0.15, -0.1) is 0 Å².